The van der Waals surface area contributed by atoms with Gasteiger partial charge >= 0.3 is 18.9 Å². The molecule has 0 bridgehead atoms. The van der Waals surface area contributed by atoms with Gasteiger partial charge in [-0.15, -0.1) is 0 Å². The molecule has 0 N–H and O–H groups in total. The maximum absolute atomic E-state index is 3.71. The van der Waals surface area contributed by atoms with Crippen LogP contribution < -0.4 is 39.6 Å². The number of unbranched alkanes of at least 4 members (excludes halogenated alkanes) is 1. The Hall–Kier alpha value is -9.63. The zero-order chi connectivity index (χ0) is 62.8. The normalized spacial score (nSPS) is 13.5. The number of benzene rings is 14. The second-order valence-electron chi connectivity index (χ2n) is 24.6. The molecule has 3 aliphatic rings. The summed E-state index contributed by atoms with van der Waals surface area (Å²) in [5.41, 5.74) is 22.2. The average Bonchev–Trinajstić information content (AvgIpc) is 1.48. The first-order valence-corrected chi connectivity index (χ1v) is 35.4. The van der Waals surface area contributed by atoms with Gasteiger partial charge in [0.15, 0.2) is 8.07 Å². The minimum Gasteiger partial charge on any atom is -0.343 e. The fraction of sp³-hybridized carbons (Fsp3) is 0.0659. The van der Waals surface area contributed by atoms with Crippen molar-refractivity contribution in [3.05, 3.63) is 448 Å². The van der Waals surface area contributed by atoms with Crippen LogP contribution in [0, 0.1) is 6.92 Å². The van der Waals surface area contributed by atoms with Gasteiger partial charge < -0.3 is 6.92 Å². The van der Waals surface area contributed by atoms with Gasteiger partial charge in [-0.2, -0.15) is 6.42 Å². The van der Waals surface area contributed by atoms with Crippen LogP contribution in [-0.4, -0.2) is 8.07 Å². The summed E-state index contributed by atoms with van der Waals surface area (Å²) in [6.45, 7) is 5.72. The van der Waals surface area contributed by atoms with Crippen molar-refractivity contribution in [1.29, 1.82) is 0 Å². The first-order chi connectivity index (χ1) is 46.0. The predicted molar refractivity (Wildman–Crippen MR) is 396 cm³/mol. The van der Waals surface area contributed by atoms with Gasteiger partial charge in [0.25, 0.3) is 0 Å². The smallest absolute Gasteiger partial charge is 0.343 e. The van der Waals surface area contributed by atoms with Crippen molar-refractivity contribution in [3.63, 3.8) is 0 Å². The monoisotopic (exact) mass is 1280 g/mol. The molecular weight excluding hydrogens is 1210 g/mol. The molecule has 0 aromatic heterocycles. The molecule has 94 heavy (non-hydrogen) atoms. The molecule has 0 unspecified atom stereocenters. The Morgan fingerprint density at radius 3 is 0.755 bits per heavy atom. The predicted octanol–water partition coefficient (Wildman–Crippen LogP) is 17.2. The van der Waals surface area contributed by atoms with Crippen LogP contribution >= 0.6 is 15.9 Å². The molecule has 0 atom stereocenters. The number of hydrogen-bond acceptors (Lipinski definition) is 0. The summed E-state index contributed by atoms with van der Waals surface area (Å²) in [4.78, 5) is 0. The summed E-state index contributed by atoms with van der Waals surface area (Å²) in [6.07, 6.45) is 2.28. The molecule has 14 aromatic carbocycles. The Bertz CT molecular complexity index is 4580. The molecule has 3 heteroatoms. The van der Waals surface area contributed by atoms with E-state index in [1.807, 2.05) is 0 Å². The summed E-state index contributed by atoms with van der Waals surface area (Å²) in [5, 5.41) is 5.45. The van der Waals surface area contributed by atoms with E-state index in [1.165, 1.54) is 127 Å². The number of halogens is 1. The van der Waals surface area contributed by atoms with Crippen molar-refractivity contribution in [2.45, 2.75) is 36.0 Å². The van der Waals surface area contributed by atoms with Gasteiger partial charge in [-0.25, -0.2) is 0 Å². The Kier molecular flexibility index (Phi) is 17.4. The van der Waals surface area contributed by atoms with E-state index in [9.17, 15) is 0 Å². The molecule has 0 saturated carbocycles. The van der Waals surface area contributed by atoms with E-state index in [0.29, 0.717) is 0 Å². The maximum Gasteiger partial charge on any atom is 1.00 e. The summed E-state index contributed by atoms with van der Waals surface area (Å²) in [7, 11) is -3.12. The largest absolute Gasteiger partial charge is 1.00 e. The van der Waals surface area contributed by atoms with Crippen LogP contribution in [0.5, 0.6) is 0 Å². The van der Waals surface area contributed by atoms with Gasteiger partial charge in [0.05, 0.1) is 16.2 Å². The van der Waals surface area contributed by atoms with Crippen LogP contribution in [0.4, 0.5) is 0 Å². The van der Waals surface area contributed by atoms with Crippen LogP contribution in [0.3, 0.4) is 0 Å². The molecule has 0 amide bonds. The van der Waals surface area contributed by atoms with Crippen LogP contribution in [0.15, 0.2) is 375 Å². The fourth-order valence-electron chi connectivity index (χ4n) is 16.1. The molecule has 0 saturated heterocycles. The third-order valence-electron chi connectivity index (χ3n) is 20.0. The van der Waals surface area contributed by atoms with Gasteiger partial charge in [-0.3, -0.25) is 0 Å². The van der Waals surface area contributed by atoms with Crippen LogP contribution in [-0.2, 0) is 16.2 Å². The van der Waals surface area contributed by atoms with Gasteiger partial charge in [0.1, 0.15) is 0 Å². The van der Waals surface area contributed by atoms with Crippen molar-refractivity contribution >= 4 is 44.8 Å². The fourth-order valence-corrected chi connectivity index (χ4v) is 21.3. The molecule has 14 aromatic rings. The molecule has 0 radical (unpaired) electrons. The van der Waals surface area contributed by atoms with Crippen LogP contribution in [0.2, 0.25) is 0 Å². The minimum absolute atomic E-state index is 0. The second-order valence-corrected chi connectivity index (χ2v) is 29.4. The standard InChI is InChI=1S/C62H44Si.C25H17Br.C4H9.Li/c1-7-23-45(24-8-1)61(46-25-9-2-10-26-46)57-37-21-19-35-53(57)55-41-39-51(43-59(55)61)63(49-31-15-5-16-32-49,50-33-17-6-18-34-50)52-40-42-56-54-36-20-22-38-58(54)62(60(56)44-52,47-27-11-3-12-28-47)48-29-13-4-14-30-48;26-20-15-16-22-21-13-7-8-14-23(21)25(24(22)17-20,18-9-3-1-4-10-18)19-11-5-2-6-12-19;1-3-4-2;/h1-44H;1-17H;1,3-4H2,2H3;/q;;-1;+1. The molecule has 0 fully saturated rings. The van der Waals surface area contributed by atoms with E-state index in [4.69, 9.17) is 0 Å². The summed E-state index contributed by atoms with van der Waals surface area (Å²) in [5.74, 6) is 0. The Morgan fingerprint density at radius 2 is 0.479 bits per heavy atom. The molecular formula is C91H70BrLiSi. The van der Waals surface area contributed by atoms with Gasteiger partial charge in [-0.1, -0.05) is 387 Å². The van der Waals surface area contributed by atoms with Crippen molar-refractivity contribution in [2.75, 3.05) is 0 Å². The first kappa shape index (κ1) is 61.9. The topological polar surface area (TPSA) is 0 Å². The van der Waals surface area contributed by atoms with E-state index >= 15 is 0 Å². The van der Waals surface area contributed by atoms with E-state index in [0.717, 1.165) is 10.9 Å². The van der Waals surface area contributed by atoms with Crippen molar-refractivity contribution in [1.82, 2.24) is 0 Å². The minimum atomic E-state index is -3.12. The van der Waals surface area contributed by atoms with Crippen molar-refractivity contribution in [2.24, 2.45) is 0 Å². The van der Waals surface area contributed by atoms with Crippen LogP contribution in [0.25, 0.3) is 33.4 Å². The third kappa shape index (κ3) is 9.85. The molecule has 17 rings (SSSR count). The zero-order valence-electron chi connectivity index (χ0n) is 53.2. The second kappa shape index (κ2) is 26.4. The van der Waals surface area contributed by atoms with E-state index in [-0.39, 0.29) is 24.3 Å². The average molecular weight is 1280 g/mol. The Morgan fingerprint density at radius 1 is 0.255 bits per heavy atom. The molecule has 0 nitrogen and oxygen atoms in total. The molecule has 0 spiro atoms. The Balaban J connectivity index is 0.000000204. The van der Waals surface area contributed by atoms with Crippen molar-refractivity contribution < 1.29 is 18.9 Å². The molecule has 3 aliphatic carbocycles. The first-order valence-electron chi connectivity index (χ1n) is 32.6. The zero-order valence-corrected chi connectivity index (χ0v) is 55.8. The Labute approximate surface area is 576 Å². The van der Waals surface area contributed by atoms with Gasteiger partial charge in [-0.05, 0) is 133 Å². The molecule has 446 valence electrons. The van der Waals surface area contributed by atoms with E-state index in [1.54, 1.807) is 0 Å². The van der Waals surface area contributed by atoms with Crippen LogP contribution in [0.1, 0.15) is 86.5 Å². The number of fused-ring (bicyclic) bond motifs is 9. The quantitative estimate of drug-likeness (QED) is 0.0688. The van der Waals surface area contributed by atoms with Gasteiger partial charge in [0, 0.05) is 4.47 Å². The number of hydrogen-bond donors (Lipinski definition) is 0. The molecule has 0 aliphatic heterocycles. The van der Waals surface area contributed by atoms with E-state index in [2.05, 4.69) is 400 Å². The SMILES string of the molecule is Brc1ccc2c(c1)C(c1ccccc1)(c1ccccc1)c1ccccc1-2.[CH2-]CCC.[Li+].c1ccc(C2(c3ccccc3)c3ccccc3-c3ccc([Si](c4ccccc4)(c4ccccc4)c4ccc5c(c4)C(c4ccccc4)(c4ccccc4)c4ccccc4-5)cc32)cc1. The number of rotatable bonds is 11. The van der Waals surface area contributed by atoms with Crippen molar-refractivity contribution in [3.8, 4) is 33.4 Å². The molecule has 0 heterocycles. The van der Waals surface area contributed by atoms with E-state index < -0.39 is 18.9 Å². The summed E-state index contributed by atoms with van der Waals surface area (Å²) in [6, 6.07) is 138. The van der Waals surface area contributed by atoms with Gasteiger partial charge in [0.2, 0.25) is 0 Å². The third-order valence-corrected chi connectivity index (χ3v) is 25.2. The maximum atomic E-state index is 3.71. The summed E-state index contributed by atoms with van der Waals surface area (Å²) >= 11 is 3.71. The summed E-state index contributed by atoms with van der Waals surface area (Å²) < 4.78 is 1.11.